The van der Waals surface area contributed by atoms with E-state index in [0.29, 0.717) is 36.8 Å². The van der Waals surface area contributed by atoms with Gasteiger partial charge in [0.25, 0.3) is 0 Å². The Morgan fingerprint density at radius 2 is 1.82 bits per heavy atom. The van der Waals surface area contributed by atoms with E-state index in [2.05, 4.69) is 46.8 Å². The van der Waals surface area contributed by atoms with Gasteiger partial charge in [-0.1, -0.05) is 70.6 Å². The van der Waals surface area contributed by atoms with E-state index in [1.54, 1.807) is 33.3 Å². The molecule has 0 amide bonds. The topological polar surface area (TPSA) is 141 Å². The molecule has 16 atom stereocenters. The number of ether oxygens (including phenoxy) is 9. The van der Waals surface area contributed by atoms with Crippen molar-refractivity contribution in [2.75, 3.05) is 27.6 Å². The fraction of sp³-hybridized carbons (Fsp3) is 0.744. The highest BCUT2D eigenvalue weighted by molar-refractivity contribution is 5.78. The second-order valence-corrected chi connectivity index (χ2v) is 16.6. The van der Waals surface area contributed by atoms with Crippen LogP contribution in [-0.4, -0.2) is 116 Å². The van der Waals surface area contributed by atoms with Gasteiger partial charge >= 0.3 is 5.97 Å². The zero-order valence-electron chi connectivity index (χ0n) is 34.1. The lowest BCUT2D eigenvalue weighted by Gasteiger charge is -2.48. The van der Waals surface area contributed by atoms with E-state index in [1.807, 2.05) is 25.2 Å². The number of esters is 1. The molecule has 0 aromatic rings. The first-order chi connectivity index (χ1) is 26.2. The Morgan fingerprint density at radius 3 is 2.55 bits per heavy atom. The maximum Gasteiger partial charge on any atom is 0.316 e. The van der Waals surface area contributed by atoms with E-state index in [4.69, 9.17) is 42.6 Å². The highest BCUT2D eigenvalue weighted by atomic mass is 16.7. The van der Waals surface area contributed by atoms with Gasteiger partial charge in [-0.25, -0.2) is 0 Å². The summed E-state index contributed by atoms with van der Waals surface area (Å²) in [5.74, 6) is -2.42. The number of hydrogen-bond acceptors (Lipinski definition) is 12. The Hall–Kier alpha value is -2.23. The molecule has 0 radical (unpaired) electrons. The zero-order chi connectivity index (χ0) is 39.7. The number of aliphatic hydroxyl groups is 2. The van der Waals surface area contributed by atoms with Crippen LogP contribution in [-0.2, 0) is 47.4 Å². The van der Waals surface area contributed by atoms with Gasteiger partial charge < -0.3 is 52.8 Å². The largest absolute Gasteiger partial charge is 0.462 e. The van der Waals surface area contributed by atoms with E-state index in [1.165, 1.54) is 0 Å². The first-order valence-electron chi connectivity index (χ1n) is 20.2. The van der Waals surface area contributed by atoms with Gasteiger partial charge in [0.1, 0.15) is 42.7 Å². The molecule has 12 heteroatoms. The first-order valence-corrected chi connectivity index (χ1v) is 20.2. The fourth-order valence-electron chi connectivity index (χ4n) is 9.25. The minimum Gasteiger partial charge on any atom is -0.462 e. The Bertz CT molecular complexity index is 1500. The maximum atomic E-state index is 14.3. The van der Waals surface area contributed by atoms with E-state index >= 15 is 0 Å². The molecule has 6 aliphatic rings. The normalized spacial score (nSPS) is 46.8. The van der Waals surface area contributed by atoms with Gasteiger partial charge in [0, 0.05) is 45.3 Å². The van der Waals surface area contributed by atoms with Gasteiger partial charge in [0.15, 0.2) is 12.1 Å². The van der Waals surface area contributed by atoms with Crippen molar-refractivity contribution in [3.05, 3.63) is 59.3 Å². The van der Waals surface area contributed by atoms with E-state index in [9.17, 15) is 15.0 Å². The van der Waals surface area contributed by atoms with Crippen molar-refractivity contribution in [2.24, 2.45) is 23.7 Å². The van der Waals surface area contributed by atoms with Crippen molar-refractivity contribution in [1.82, 2.24) is 0 Å². The summed E-state index contributed by atoms with van der Waals surface area (Å²) >= 11 is 0. The number of methoxy groups -OCH3 is 2. The molecule has 308 valence electrons. The number of hydrogen-bond donors (Lipinski definition) is 2. The third-order valence-electron chi connectivity index (χ3n) is 12.6. The summed E-state index contributed by atoms with van der Waals surface area (Å²) < 4.78 is 56.2. The van der Waals surface area contributed by atoms with Gasteiger partial charge in [0.05, 0.1) is 37.1 Å². The minimum absolute atomic E-state index is 0.0511. The number of allylic oxidation sites excluding steroid dienone is 2. The quantitative estimate of drug-likeness (QED) is 0.184. The van der Waals surface area contributed by atoms with Crippen molar-refractivity contribution in [2.45, 2.75) is 153 Å². The van der Waals surface area contributed by atoms with Crippen LogP contribution in [0.2, 0.25) is 0 Å². The van der Waals surface area contributed by atoms with Gasteiger partial charge in [-0.15, -0.1) is 0 Å². The Balaban J connectivity index is 1.36. The average Bonchev–Trinajstić information content (AvgIpc) is 3.50. The lowest BCUT2D eigenvalue weighted by atomic mass is 9.71. The van der Waals surface area contributed by atoms with Crippen LogP contribution >= 0.6 is 0 Å². The third kappa shape index (κ3) is 8.79. The molecule has 12 nitrogen and oxygen atoms in total. The molecule has 2 bridgehead atoms. The number of carbonyl (C=O) groups excluding carboxylic acids is 1. The zero-order valence-corrected chi connectivity index (χ0v) is 34.1. The molecule has 1 aliphatic carbocycles. The predicted octanol–water partition coefficient (Wildman–Crippen LogP) is 5.47. The predicted molar refractivity (Wildman–Crippen MR) is 203 cm³/mol. The average molecular weight is 773 g/mol. The van der Waals surface area contributed by atoms with Gasteiger partial charge in [-0.2, -0.15) is 0 Å². The molecular formula is C43H64O12. The molecule has 3 fully saturated rings. The first kappa shape index (κ1) is 42.4. The van der Waals surface area contributed by atoms with Crippen molar-refractivity contribution in [3.63, 3.8) is 0 Å². The molecule has 6 rings (SSSR count). The summed E-state index contributed by atoms with van der Waals surface area (Å²) in [5.41, 5.74) is 0.216. The molecule has 5 heterocycles. The molecule has 3 saturated heterocycles. The fourth-order valence-corrected chi connectivity index (χ4v) is 9.25. The summed E-state index contributed by atoms with van der Waals surface area (Å²) in [4.78, 5) is 14.3. The standard InChI is InChI=1S/C43H64O12/c1-10-24(2)38-27(5)16-17-42(55-38)21-32-19-31(54-42)15-14-26(4)37(53-35-20-34(48-9)39(29(7)51-35)50-23-47-8)25(3)12-11-13-30-22-49-40-36(44)28(6)18-33(41(45)52-32)43(30,40)46/h11-14,16-18,24-25,27,29,31-40,44,46H,10,15,19-23H2,1-9H3/b12-11+,26-14+,30-13+/t24?,25-,27-,29-,31+,32-,33-,34-,35-,36+,37-,38+,39-,40+,42-,43+/m0/s1. The molecule has 55 heavy (non-hydrogen) atoms. The second kappa shape index (κ2) is 17.7. The summed E-state index contributed by atoms with van der Waals surface area (Å²) in [6.07, 6.45) is 11.3. The number of rotatable bonds is 8. The molecule has 0 aromatic carbocycles. The smallest absolute Gasteiger partial charge is 0.316 e. The van der Waals surface area contributed by atoms with Crippen molar-refractivity contribution in [3.8, 4) is 0 Å². The monoisotopic (exact) mass is 772 g/mol. The van der Waals surface area contributed by atoms with Gasteiger partial charge in [-0.05, 0) is 55.9 Å². The van der Waals surface area contributed by atoms with Crippen LogP contribution in [0.25, 0.3) is 0 Å². The van der Waals surface area contributed by atoms with Crippen molar-refractivity contribution < 1.29 is 57.6 Å². The van der Waals surface area contributed by atoms with Crippen LogP contribution < -0.4 is 0 Å². The number of aliphatic hydroxyl groups excluding tert-OH is 1. The Morgan fingerprint density at radius 1 is 1.04 bits per heavy atom. The van der Waals surface area contributed by atoms with Crippen LogP contribution in [0.1, 0.15) is 80.6 Å². The van der Waals surface area contributed by atoms with Crippen molar-refractivity contribution in [1.29, 1.82) is 0 Å². The van der Waals surface area contributed by atoms with Crippen LogP contribution in [0.4, 0.5) is 0 Å². The summed E-state index contributed by atoms with van der Waals surface area (Å²) in [6, 6.07) is 0. The Kier molecular flexibility index (Phi) is 13.7. The van der Waals surface area contributed by atoms with Crippen LogP contribution in [0.5, 0.6) is 0 Å². The second-order valence-electron chi connectivity index (χ2n) is 16.6. The molecule has 2 N–H and O–H groups in total. The van der Waals surface area contributed by atoms with E-state index in [0.717, 1.165) is 12.0 Å². The Labute approximate surface area is 326 Å². The highest BCUT2D eigenvalue weighted by Gasteiger charge is 2.60. The van der Waals surface area contributed by atoms with E-state index < -0.39 is 54.0 Å². The summed E-state index contributed by atoms with van der Waals surface area (Å²) in [6.45, 7) is 14.5. The SMILES string of the molecule is CCC(C)[C@H]1O[C@@]2(C=C[C@@H]1C)C[C@@H]1C[C@@H](C/C=C(\C)[C@@H](O[C@H]3C[C@H](OC)[C@@H](OCOC)[C@H](C)O3)[C@@H](C)/C=C/C=C3\CO[C@@H]4[C@H](O)C(C)=C[C@@H](C(=O)O1)[C@]34O)O2. The van der Waals surface area contributed by atoms with Crippen molar-refractivity contribution >= 4 is 5.97 Å². The van der Waals surface area contributed by atoms with Gasteiger partial charge in [-0.3, -0.25) is 4.79 Å². The maximum absolute atomic E-state index is 14.3. The third-order valence-corrected chi connectivity index (χ3v) is 12.6. The lowest BCUT2D eigenvalue weighted by Crippen LogP contribution is -2.58. The molecular weight excluding hydrogens is 708 g/mol. The number of fused-ring (bicyclic) bond motifs is 2. The molecule has 0 saturated carbocycles. The molecule has 1 unspecified atom stereocenters. The van der Waals surface area contributed by atoms with Crippen LogP contribution in [0.3, 0.4) is 0 Å². The lowest BCUT2D eigenvalue weighted by molar-refractivity contribution is -0.300. The molecule has 0 aromatic heterocycles. The van der Waals surface area contributed by atoms with Crippen LogP contribution in [0.15, 0.2) is 59.3 Å². The summed E-state index contributed by atoms with van der Waals surface area (Å²) in [7, 11) is 3.25. The highest BCUT2D eigenvalue weighted by Crippen LogP contribution is 2.47. The van der Waals surface area contributed by atoms with E-state index in [-0.39, 0.29) is 61.7 Å². The summed E-state index contributed by atoms with van der Waals surface area (Å²) in [5, 5.41) is 23.6. The van der Waals surface area contributed by atoms with Crippen LogP contribution in [0, 0.1) is 23.7 Å². The number of carbonyl (C=O) groups is 1. The minimum atomic E-state index is -1.81. The van der Waals surface area contributed by atoms with Gasteiger partial charge in [0.2, 0.25) is 0 Å². The molecule has 5 aliphatic heterocycles. The molecule has 1 spiro atoms.